The van der Waals surface area contributed by atoms with Crippen molar-refractivity contribution in [1.29, 1.82) is 0 Å². The van der Waals surface area contributed by atoms with Gasteiger partial charge in [-0.15, -0.1) is 0 Å². The summed E-state index contributed by atoms with van der Waals surface area (Å²) in [7, 11) is 0. The standard InChI is InChI=1S/C16H18ClN/c1-11-6-12(2)8-16(7-11)18-10-14-4-5-15(17)9-13(14)3/h4-9,18H,10H2,1-3H3. The monoisotopic (exact) mass is 259 g/mol. The second-order valence-electron chi connectivity index (χ2n) is 4.80. The molecule has 0 unspecified atom stereocenters. The molecule has 0 aromatic heterocycles. The van der Waals surface area contributed by atoms with E-state index in [2.05, 4.69) is 50.4 Å². The lowest BCUT2D eigenvalue weighted by molar-refractivity contribution is 1.11. The van der Waals surface area contributed by atoms with Crippen LogP contribution in [0.2, 0.25) is 5.02 Å². The number of nitrogens with one attached hydrogen (secondary N) is 1. The molecule has 0 atom stereocenters. The van der Waals surface area contributed by atoms with Gasteiger partial charge in [0.05, 0.1) is 0 Å². The van der Waals surface area contributed by atoms with Crippen LogP contribution in [0, 0.1) is 20.8 Å². The number of rotatable bonds is 3. The van der Waals surface area contributed by atoms with E-state index in [0.29, 0.717) is 0 Å². The minimum atomic E-state index is 0.794. The van der Waals surface area contributed by atoms with Crippen LogP contribution in [0.1, 0.15) is 22.3 Å². The Bertz CT molecular complexity index is 541. The maximum atomic E-state index is 5.96. The molecule has 0 fully saturated rings. The van der Waals surface area contributed by atoms with Crippen molar-refractivity contribution in [3.63, 3.8) is 0 Å². The molecule has 94 valence electrons. The molecule has 0 bridgehead atoms. The van der Waals surface area contributed by atoms with Gasteiger partial charge in [0, 0.05) is 17.3 Å². The molecule has 2 aromatic carbocycles. The van der Waals surface area contributed by atoms with Crippen molar-refractivity contribution in [3.05, 3.63) is 63.7 Å². The largest absolute Gasteiger partial charge is 0.381 e. The van der Waals surface area contributed by atoms with Crippen molar-refractivity contribution in [3.8, 4) is 0 Å². The van der Waals surface area contributed by atoms with Crippen LogP contribution in [0.4, 0.5) is 5.69 Å². The first-order valence-electron chi connectivity index (χ1n) is 6.12. The second-order valence-corrected chi connectivity index (χ2v) is 5.24. The van der Waals surface area contributed by atoms with E-state index in [-0.39, 0.29) is 0 Å². The van der Waals surface area contributed by atoms with Crippen LogP contribution in [0.5, 0.6) is 0 Å². The number of hydrogen-bond acceptors (Lipinski definition) is 1. The molecule has 0 heterocycles. The first-order chi connectivity index (χ1) is 8.54. The van der Waals surface area contributed by atoms with E-state index in [1.165, 1.54) is 27.9 Å². The Kier molecular flexibility index (Phi) is 3.93. The van der Waals surface area contributed by atoms with Crippen LogP contribution < -0.4 is 5.32 Å². The van der Waals surface area contributed by atoms with E-state index in [4.69, 9.17) is 11.6 Å². The Labute approximate surface area is 114 Å². The molecule has 0 saturated carbocycles. The minimum Gasteiger partial charge on any atom is -0.381 e. The smallest absolute Gasteiger partial charge is 0.0408 e. The zero-order valence-corrected chi connectivity index (χ0v) is 11.8. The van der Waals surface area contributed by atoms with Gasteiger partial charge in [0.15, 0.2) is 0 Å². The molecule has 1 N–H and O–H groups in total. The lowest BCUT2D eigenvalue weighted by Gasteiger charge is -2.11. The highest BCUT2D eigenvalue weighted by atomic mass is 35.5. The van der Waals surface area contributed by atoms with Crippen molar-refractivity contribution in [2.45, 2.75) is 27.3 Å². The first-order valence-corrected chi connectivity index (χ1v) is 6.49. The maximum Gasteiger partial charge on any atom is 0.0408 e. The highest BCUT2D eigenvalue weighted by Gasteiger charge is 2.00. The number of hydrogen-bond donors (Lipinski definition) is 1. The Morgan fingerprint density at radius 2 is 1.61 bits per heavy atom. The third-order valence-electron chi connectivity index (χ3n) is 3.01. The maximum absolute atomic E-state index is 5.96. The Morgan fingerprint density at radius 3 is 2.22 bits per heavy atom. The van der Waals surface area contributed by atoms with Crippen LogP contribution in [-0.4, -0.2) is 0 Å². The normalized spacial score (nSPS) is 10.4. The average Bonchev–Trinajstić information content (AvgIpc) is 2.26. The van der Waals surface area contributed by atoms with Gasteiger partial charge in [-0.3, -0.25) is 0 Å². The fourth-order valence-electron chi connectivity index (χ4n) is 2.13. The summed E-state index contributed by atoms with van der Waals surface area (Å²) in [6, 6.07) is 12.5. The zero-order valence-electron chi connectivity index (χ0n) is 11.0. The lowest BCUT2D eigenvalue weighted by atomic mass is 10.1. The predicted molar refractivity (Wildman–Crippen MR) is 79.4 cm³/mol. The minimum absolute atomic E-state index is 0.794. The van der Waals surface area contributed by atoms with E-state index in [9.17, 15) is 0 Å². The summed E-state index contributed by atoms with van der Waals surface area (Å²) in [6.45, 7) is 7.15. The third-order valence-corrected chi connectivity index (χ3v) is 3.24. The quantitative estimate of drug-likeness (QED) is 0.829. The van der Waals surface area contributed by atoms with Crippen LogP contribution in [0.25, 0.3) is 0 Å². The Hall–Kier alpha value is -1.47. The van der Waals surface area contributed by atoms with E-state index in [1.807, 2.05) is 12.1 Å². The molecule has 1 nitrogen and oxygen atoms in total. The molecule has 18 heavy (non-hydrogen) atoms. The summed E-state index contributed by atoms with van der Waals surface area (Å²) < 4.78 is 0. The third kappa shape index (κ3) is 3.27. The summed E-state index contributed by atoms with van der Waals surface area (Å²) in [6.07, 6.45) is 0. The molecule has 0 aliphatic rings. The Balaban J connectivity index is 2.11. The number of aryl methyl sites for hydroxylation is 3. The van der Waals surface area contributed by atoms with E-state index >= 15 is 0 Å². The first kappa shape index (κ1) is 13.0. The second kappa shape index (κ2) is 5.45. The summed E-state index contributed by atoms with van der Waals surface area (Å²) in [5.41, 5.74) is 6.23. The van der Waals surface area contributed by atoms with Gasteiger partial charge in [-0.2, -0.15) is 0 Å². The van der Waals surface area contributed by atoms with Crippen molar-refractivity contribution in [2.75, 3.05) is 5.32 Å². The summed E-state index contributed by atoms with van der Waals surface area (Å²) >= 11 is 5.96. The molecule has 0 aliphatic heterocycles. The topological polar surface area (TPSA) is 12.0 Å². The number of halogens is 1. The molecule has 0 aliphatic carbocycles. The molecular weight excluding hydrogens is 242 g/mol. The number of benzene rings is 2. The van der Waals surface area contributed by atoms with E-state index in [1.54, 1.807) is 0 Å². The SMILES string of the molecule is Cc1cc(C)cc(NCc2ccc(Cl)cc2C)c1. The molecule has 0 saturated heterocycles. The number of anilines is 1. The van der Waals surface area contributed by atoms with Crippen molar-refractivity contribution < 1.29 is 0 Å². The van der Waals surface area contributed by atoms with E-state index in [0.717, 1.165) is 11.6 Å². The molecular formula is C16H18ClN. The van der Waals surface area contributed by atoms with Crippen molar-refractivity contribution in [2.24, 2.45) is 0 Å². The van der Waals surface area contributed by atoms with Gasteiger partial charge in [0.25, 0.3) is 0 Å². The highest BCUT2D eigenvalue weighted by Crippen LogP contribution is 2.18. The fourth-order valence-corrected chi connectivity index (χ4v) is 2.36. The highest BCUT2D eigenvalue weighted by molar-refractivity contribution is 6.30. The van der Waals surface area contributed by atoms with Gasteiger partial charge < -0.3 is 5.32 Å². The van der Waals surface area contributed by atoms with E-state index < -0.39 is 0 Å². The van der Waals surface area contributed by atoms with Crippen molar-refractivity contribution in [1.82, 2.24) is 0 Å². The van der Waals surface area contributed by atoms with Crippen LogP contribution in [0.3, 0.4) is 0 Å². The van der Waals surface area contributed by atoms with Gasteiger partial charge in [0.2, 0.25) is 0 Å². The van der Waals surface area contributed by atoms with Crippen LogP contribution >= 0.6 is 11.6 Å². The van der Waals surface area contributed by atoms with Gasteiger partial charge in [-0.1, -0.05) is 23.7 Å². The molecule has 0 amide bonds. The lowest BCUT2D eigenvalue weighted by Crippen LogP contribution is -2.01. The van der Waals surface area contributed by atoms with Gasteiger partial charge in [-0.05, 0) is 67.3 Å². The van der Waals surface area contributed by atoms with Crippen molar-refractivity contribution >= 4 is 17.3 Å². The molecule has 2 heteroatoms. The van der Waals surface area contributed by atoms with Crippen LogP contribution in [-0.2, 0) is 6.54 Å². The van der Waals surface area contributed by atoms with Gasteiger partial charge in [0.1, 0.15) is 0 Å². The molecule has 0 spiro atoms. The molecule has 0 radical (unpaired) electrons. The summed E-state index contributed by atoms with van der Waals surface area (Å²) in [5.74, 6) is 0. The predicted octanol–water partition coefficient (Wildman–Crippen LogP) is 4.88. The molecule has 2 rings (SSSR count). The van der Waals surface area contributed by atoms with Gasteiger partial charge >= 0.3 is 0 Å². The average molecular weight is 260 g/mol. The zero-order chi connectivity index (χ0) is 13.1. The van der Waals surface area contributed by atoms with Gasteiger partial charge in [-0.25, -0.2) is 0 Å². The van der Waals surface area contributed by atoms with Crippen LogP contribution in [0.15, 0.2) is 36.4 Å². The summed E-state index contributed by atoms with van der Waals surface area (Å²) in [4.78, 5) is 0. The fraction of sp³-hybridized carbons (Fsp3) is 0.250. The molecule has 2 aromatic rings. The Morgan fingerprint density at radius 1 is 0.944 bits per heavy atom. The summed E-state index contributed by atoms with van der Waals surface area (Å²) in [5, 5.41) is 4.25.